The van der Waals surface area contributed by atoms with Crippen LogP contribution in [-0.2, 0) is 0 Å². The van der Waals surface area contributed by atoms with E-state index in [0.717, 1.165) is 11.9 Å². The van der Waals surface area contributed by atoms with E-state index < -0.39 is 6.36 Å². The Morgan fingerprint density at radius 1 is 1.33 bits per heavy atom. The van der Waals surface area contributed by atoms with Gasteiger partial charge >= 0.3 is 6.36 Å². The Bertz CT molecular complexity index is 347. The van der Waals surface area contributed by atoms with Gasteiger partial charge in [-0.15, -0.1) is 13.2 Å². The highest BCUT2D eigenvalue weighted by molar-refractivity contribution is 5.29. The molecule has 0 N–H and O–H groups in total. The number of halogens is 3. The third-order valence-electron chi connectivity index (χ3n) is 1.87. The summed E-state index contributed by atoms with van der Waals surface area (Å²) in [5, 5.41) is 0. The van der Waals surface area contributed by atoms with Crippen molar-refractivity contribution in [3.05, 3.63) is 23.5 Å². The molecule has 0 spiro atoms. The molecule has 0 radical (unpaired) electrons. The van der Waals surface area contributed by atoms with E-state index in [-0.39, 0.29) is 11.7 Å². The molecule has 0 saturated heterocycles. The van der Waals surface area contributed by atoms with Gasteiger partial charge in [0.2, 0.25) is 0 Å². The first-order chi connectivity index (χ1) is 6.79. The number of hydrogen-bond acceptors (Lipinski definition) is 2. The van der Waals surface area contributed by atoms with E-state index in [1.54, 1.807) is 6.92 Å². The zero-order chi connectivity index (χ0) is 11.6. The van der Waals surface area contributed by atoms with Crippen LogP contribution in [0.2, 0.25) is 0 Å². The molecule has 15 heavy (non-hydrogen) atoms. The maximum Gasteiger partial charge on any atom is 0.573 e. The van der Waals surface area contributed by atoms with Crippen molar-refractivity contribution in [3.63, 3.8) is 0 Å². The van der Waals surface area contributed by atoms with Crippen molar-refractivity contribution >= 4 is 0 Å². The molecule has 0 saturated carbocycles. The van der Waals surface area contributed by atoms with Crippen LogP contribution in [0.5, 0.6) is 5.75 Å². The van der Waals surface area contributed by atoms with Crippen LogP contribution in [0.4, 0.5) is 13.2 Å². The first kappa shape index (κ1) is 11.8. The highest BCUT2D eigenvalue weighted by atomic mass is 19.4. The van der Waals surface area contributed by atoms with E-state index in [2.05, 4.69) is 9.72 Å². The van der Waals surface area contributed by atoms with Crippen LogP contribution in [0, 0.1) is 6.92 Å². The van der Waals surface area contributed by atoms with Gasteiger partial charge < -0.3 is 4.74 Å². The third-order valence-corrected chi connectivity index (χ3v) is 1.87. The molecule has 0 atom stereocenters. The quantitative estimate of drug-likeness (QED) is 0.760. The molecule has 0 bridgehead atoms. The lowest BCUT2D eigenvalue weighted by atomic mass is 10.1. The molecule has 1 aromatic rings. The fourth-order valence-corrected chi connectivity index (χ4v) is 1.35. The SMILES string of the molecule is Cc1cc(OC(F)(F)F)cnc1C(C)C. The van der Waals surface area contributed by atoms with Gasteiger partial charge in [0.1, 0.15) is 5.75 Å². The van der Waals surface area contributed by atoms with Crippen LogP contribution in [0.1, 0.15) is 31.0 Å². The molecule has 0 unspecified atom stereocenters. The fourth-order valence-electron chi connectivity index (χ4n) is 1.35. The maximum absolute atomic E-state index is 11.9. The van der Waals surface area contributed by atoms with E-state index >= 15 is 0 Å². The lowest BCUT2D eigenvalue weighted by Gasteiger charge is -2.12. The molecule has 0 aliphatic carbocycles. The van der Waals surface area contributed by atoms with Gasteiger partial charge in [-0.1, -0.05) is 13.8 Å². The minimum absolute atomic E-state index is 0.185. The van der Waals surface area contributed by atoms with Crippen molar-refractivity contribution in [1.29, 1.82) is 0 Å². The second-order valence-electron chi connectivity index (χ2n) is 3.58. The Morgan fingerprint density at radius 2 is 1.93 bits per heavy atom. The van der Waals surface area contributed by atoms with Crippen molar-refractivity contribution < 1.29 is 17.9 Å². The van der Waals surface area contributed by atoms with Crippen LogP contribution in [0.15, 0.2) is 12.3 Å². The number of alkyl halides is 3. The van der Waals surface area contributed by atoms with Gasteiger partial charge in [-0.2, -0.15) is 0 Å². The van der Waals surface area contributed by atoms with Crippen molar-refractivity contribution in [3.8, 4) is 5.75 Å². The van der Waals surface area contributed by atoms with Crippen molar-refractivity contribution in [2.75, 3.05) is 0 Å². The van der Waals surface area contributed by atoms with Crippen LogP contribution < -0.4 is 4.74 Å². The molecule has 1 rings (SSSR count). The molecule has 2 nitrogen and oxygen atoms in total. The second-order valence-corrected chi connectivity index (χ2v) is 3.58. The molecule has 1 heterocycles. The summed E-state index contributed by atoms with van der Waals surface area (Å²) >= 11 is 0. The monoisotopic (exact) mass is 219 g/mol. The maximum atomic E-state index is 11.9. The number of ether oxygens (including phenoxy) is 1. The molecular weight excluding hydrogens is 207 g/mol. The zero-order valence-electron chi connectivity index (χ0n) is 8.72. The van der Waals surface area contributed by atoms with Crippen LogP contribution in [0.25, 0.3) is 0 Å². The van der Waals surface area contributed by atoms with Crippen LogP contribution >= 0.6 is 0 Å². The van der Waals surface area contributed by atoms with Gasteiger partial charge in [-0.3, -0.25) is 4.98 Å². The van der Waals surface area contributed by atoms with Gasteiger partial charge in [-0.05, 0) is 24.5 Å². The molecule has 0 amide bonds. The highest BCUT2D eigenvalue weighted by Crippen LogP contribution is 2.25. The molecule has 0 aliphatic heterocycles. The summed E-state index contributed by atoms with van der Waals surface area (Å²) in [6.07, 6.45) is -3.57. The summed E-state index contributed by atoms with van der Waals surface area (Å²) in [6, 6.07) is 1.34. The minimum Gasteiger partial charge on any atom is -0.404 e. The van der Waals surface area contributed by atoms with Gasteiger partial charge in [0.05, 0.1) is 6.20 Å². The van der Waals surface area contributed by atoms with E-state index in [1.807, 2.05) is 13.8 Å². The number of pyridine rings is 1. The summed E-state index contributed by atoms with van der Waals surface area (Å²) in [4.78, 5) is 3.94. The Hall–Kier alpha value is -1.26. The molecular formula is C10H12F3NO. The Kier molecular flexibility index (Phi) is 3.21. The van der Waals surface area contributed by atoms with Crippen molar-refractivity contribution in [2.24, 2.45) is 0 Å². The predicted octanol–water partition coefficient (Wildman–Crippen LogP) is 3.41. The number of rotatable bonds is 2. The lowest BCUT2D eigenvalue weighted by molar-refractivity contribution is -0.274. The van der Waals surface area contributed by atoms with E-state index in [1.165, 1.54) is 6.07 Å². The Balaban J connectivity index is 2.92. The van der Waals surface area contributed by atoms with Crippen molar-refractivity contribution in [2.45, 2.75) is 33.1 Å². The first-order valence-corrected chi connectivity index (χ1v) is 4.52. The zero-order valence-corrected chi connectivity index (χ0v) is 8.72. The van der Waals surface area contributed by atoms with Gasteiger partial charge in [0, 0.05) is 5.69 Å². The van der Waals surface area contributed by atoms with Gasteiger partial charge in [0.25, 0.3) is 0 Å². The lowest BCUT2D eigenvalue weighted by Crippen LogP contribution is -2.17. The average molecular weight is 219 g/mol. The normalized spacial score (nSPS) is 11.9. The number of aryl methyl sites for hydroxylation is 1. The largest absolute Gasteiger partial charge is 0.573 e. The molecule has 0 fully saturated rings. The first-order valence-electron chi connectivity index (χ1n) is 4.52. The molecule has 0 aliphatic rings. The number of hydrogen-bond donors (Lipinski definition) is 0. The standard InChI is InChI=1S/C10H12F3NO/c1-6(2)9-7(3)4-8(5-14-9)15-10(11,12)13/h4-6H,1-3H3. The van der Waals surface area contributed by atoms with Gasteiger partial charge in [0.15, 0.2) is 0 Å². The van der Waals surface area contributed by atoms with E-state index in [9.17, 15) is 13.2 Å². The van der Waals surface area contributed by atoms with Crippen molar-refractivity contribution in [1.82, 2.24) is 4.98 Å². The number of nitrogens with zero attached hydrogens (tertiary/aromatic N) is 1. The predicted molar refractivity (Wildman–Crippen MR) is 49.7 cm³/mol. The Labute approximate surface area is 86.1 Å². The van der Waals surface area contributed by atoms with E-state index in [4.69, 9.17) is 0 Å². The average Bonchev–Trinajstić information content (AvgIpc) is 1.99. The summed E-state index contributed by atoms with van der Waals surface area (Å²) in [5.74, 6) is -0.0886. The summed E-state index contributed by atoms with van der Waals surface area (Å²) < 4.78 is 39.4. The summed E-state index contributed by atoms with van der Waals surface area (Å²) in [6.45, 7) is 5.57. The second kappa shape index (κ2) is 4.08. The molecule has 1 aromatic heterocycles. The molecule has 5 heteroatoms. The minimum atomic E-state index is -4.66. The summed E-state index contributed by atoms with van der Waals surface area (Å²) in [7, 11) is 0. The summed E-state index contributed by atoms with van der Waals surface area (Å²) in [5.41, 5.74) is 1.48. The molecule has 84 valence electrons. The van der Waals surface area contributed by atoms with Crippen LogP contribution in [0.3, 0.4) is 0 Å². The molecule has 0 aromatic carbocycles. The number of aromatic nitrogens is 1. The van der Waals surface area contributed by atoms with Crippen LogP contribution in [-0.4, -0.2) is 11.3 Å². The highest BCUT2D eigenvalue weighted by Gasteiger charge is 2.31. The van der Waals surface area contributed by atoms with E-state index in [0.29, 0.717) is 5.56 Å². The third kappa shape index (κ3) is 3.42. The van der Waals surface area contributed by atoms with Gasteiger partial charge in [-0.25, -0.2) is 0 Å². The smallest absolute Gasteiger partial charge is 0.404 e. The Morgan fingerprint density at radius 3 is 2.33 bits per heavy atom. The topological polar surface area (TPSA) is 22.1 Å². The fraction of sp³-hybridized carbons (Fsp3) is 0.500.